The number of amides is 1. The molecule has 0 aliphatic heterocycles. The topological polar surface area (TPSA) is 58.1 Å². The van der Waals surface area contributed by atoms with Crippen molar-refractivity contribution in [2.24, 2.45) is 0 Å². The molecule has 0 fully saturated rings. The molecule has 116 valence electrons. The number of hydrogen-bond acceptors (Lipinski definition) is 5. The van der Waals surface area contributed by atoms with Gasteiger partial charge in [-0.2, -0.15) is 0 Å². The van der Waals surface area contributed by atoms with Crippen LogP contribution in [0.3, 0.4) is 0 Å². The molecule has 1 N–H and O–H groups in total. The Morgan fingerprint density at radius 2 is 1.91 bits per heavy atom. The van der Waals surface area contributed by atoms with Crippen LogP contribution >= 0.6 is 11.3 Å². The average molecular weight is 324 g/mol. The molecule has 0 saturated carbocycles. The zero-order valence-electron chi connectivity index (χ0n) is 12.9. The highest BCUT2D eigenvalue weighted by atomic mass is 32.1. The molecule has 3 rings (SSSR count). The predicted molar refractivity (Wildman–Crippen MR) is 94.1 cm³/mol. The minimum absolute atomic E-state index is 0.221. The van der Waals surface area contributed by atoms with Gasteiger partial charge in [0, 0.05) is 37.0 Å². The lowest BCUT2D eigenvalue weighted by Crippen LogP contribution is -2.13. The number of pyridine rings is 1. The number of thiazole rings is 1. The summed E-state index contributed by atoms with van der Waals surface area (Å²) in [5, 5.41) is 5.33. The largest absolute Gasteiger partial charge is 0.378 e. The van der Waals surface area contributed by atoms with Gasteiger partial charge in [0.1, 0.15) is 10.7 Å². The summed E-state index contributed by atoms with van der Waals surface area (Å²) >= 11 is 1.41. The van der Waals surface area contributed by atoms with Gasteiger partial charge in [-0.1, -0.05) is 6.07 Å². The van der Waals surface area contributed by atoms with Crippen LogP contribution in [0.5, 0.6) is 0 Å². The maximum Gasteiger partial charge on any atom is 0.275 e. The van der Waals surface area contributed by atoms with Crippen molar-refractivity contribution in [3.63, 3.8) is 0 Å². The first-order valence-electron chi connectivity index (χ1n) is 7.09. The van der Waals surface area contributed by atoms with Gasteiger partial charge in [-0.05, 0) is 36.4 Å². The Bertz CT molecular complexity index is 797. The van der Waals surface area contributed by atoms with Crippen LogP contribution in [0, 0.1) is 0 Å². The third-order valence-electron chi connectivity index (χ3n) is 3.26. The first-order valence-corrected chi connectivity index (χ1v) is 7.97. The third kappa shape index (κ3) is 3.54. The molecule has 0 radical (unpaired) electrons. The van der Waals surface area contributed by atoms with E-state index in [4.69, 9.17) is 0 Å². The summed E-state index contributed by atoms with van der Waals surface area (Å²) in [4.78, 5) is 22.9. The van der Waals surface area contributed by atoms with E-state index in [1.807, 2.05) is 61.5 Å². The molecule has 1 aromatic carbocycles. The van der Waals surface area contributed by atoms with E-state index in [1.165, 1.54) is 11.3 Å². The monoisotopic (exact) mass is 324 g/mol. The van der Waals surface area contributed by atoms with E-state index >= 15 is 0 Å². The van der Waals surface area contributed by atoms with Gasteiger partial charge in [-0.3, -0.25) is 9.78 Å². The molecule has 0 aliphatic carbocycles. The molecule has 0 aliphatic rings. The lowest BCUT2D eigenvalue weighted by Gasteiger charge is -2.12. The van der Waals surface area contributed by atoms with E-state index in [2.05, 4.69) is 15.3 Å². The molecule has 3 aromatic rings. The number of nitrogens with zero attached hydrogens (tertiary/aromatic N) is 3. The smallest absolute Gasteiger partial charge is 0.275 e. The molecular formula is C17H16N4OS. The zero-order chi connectivity index (χ0) is 16.2. The van der Waals surface area contributed by atoms with Gasteiger partial charge in [0.25, 0.3) is 5.91 Å². The van der Waals surface area contributed by atoms with Crippen LogP contribution in [0.4, 0.5) is 11.4 Å². The Hall–Kier alpha value is -2.73. The van der Waals surface area contributed by atoms with Gasteiger partial charge in [-0.15, -0.1) is 11.3 Å². The van der Waals surface area contributed by atoms with Gasteiger partial charge in [0.2, 0.25) is 0 Å². The molecule has 23 heavy (non-hydrogen) atoms. The Labute approximate surface area is 138 Å². The van der Waals surface area contributed by atoms with Crippen molar-refractivity contribution in [2.45, 2.75) is 0 Å². The lowest BCUT2D eigenvalue weighted by molar-refractivity contribution is 0.102. The molecule has 2 aromatic heterocycles. The molecule has 0 atom stereocenters. The van der Waals surface area contributed by atoms with Crippen LogP contribution in [0.15, 0.2) is 54.0 Å². The Kier molecular flexibility index (Phi) is 4.34. The van der Waals surface area contributed by atoms with E-state index in [-0.39, 0.29) is 5.91 Å². The van der Waals surface area contributed by atoms with Crippen molar-refractivity contribution in [1.82, 2.24) is 9.97 Å². The number of rotatable bonds is 4. The van der Waals surface area contributed by atoms with Crippen molar-refractivity contribution in [1.29, 1.82) is 0 Å². The van der Waals surface area contributed by atoms with Crippen LogP contribution < -0.4 is 10.2 Å². The van der Waals surface area contributed by atoms with Gasteiger partial charge < -0.3 is 10.2 Å². The molecule has 0 bridgehead atoms. The second kappa shape index (κ2) is 6.58. The van der Waals surface area contributed by atoms with E-state index in [1.54, 1.807) is 11.6 Å². The number of carbonyl (C=O) groups excluding carboxylic acids is 1. The van der Waals surface area contributed by atoms with Crippen LogP contribution in [-0.4, -0.2) is 30.0 Å². The van der Waals surface area contributed by atoms with Crippen molar-refractivity contribution in [3.8, 4) is 10.7 Å². The van der Waals surface area contributed by atoms with Gasteiger partial charge >= 0.3 is 0 Å². The van der Waals surface area contributed by atoms with Crippen LogP contribution in [0.2, 0.25) is 0 Å². The number of nitrogens with one attached hydrogen (secondary N) is 1. The lowest BCUT2D eigenvalue weighted by atomic mass is 10.2. The van der Waals surface area contributed by atoms with Crippen molar-refractivity contribution in [2.75, 3.05) is 24.3 Å². The summed E-state index contributed by atoms with van der Waals surface area (Å²) in [5.74, 6) is -0.221. The summed E-state index contributed by atoms with van der Waals surface area (Å²) in [6.45, 7) is 0. The molecule has 1 amide bonds. The number of anilines is 2. The molecule has 6 heteroatoms. The predicted octanol–water partition coefficient (Wildman–Crippen LogP) is 3.52. The fourth-order valence-electron chi connectivity index (χ4n) is 2.02. The Balaban J connectivity index is 1.72. The van der Waals surface area contributed by atoms with Crippen LogP contribution in [-0.2, 0) is 0 Å². The minimum Gasteiger partial charge on any atom is -0.378 e. The zero-order valence-corrected chi connectivity index (χ0v) is 13.7. The van der Waals surface area contributed by atoms with Gasteiger partial charge in [-0.25, -0.2) is 4.98 Å². The molecule has 0 saturated heterocycles. The first-order chi connectivity index (χ1) is 11.1. The highest BCUT2D eigenvalue weighted by molar-refractivity contribution is 7.13. The number of carbonyl (C=O) groups is 1. The molecular weight excluding hydrogens is 308 g/mol. The summed E-state index contributed by atoms with van der Waals surface area (Å²) < 4.78 is 0. The van der Waals surface area contributed by atoms with Crippen molar-refractivity contribution < 1.29 is 4.79 Å². The van der Waals surface area contributed by atoms with Crippen molar-refractivity contribution >= 4 is 28.6 Å². The molecule has 2 heterocycles. The Morgan fingerprint density at radius 3 is 2.57 bits per heavy atom. The molecule has 5 nitrogen and oxygen atoms in total. The Morgan fingerprint density at radius 1 is 1.13 bits per heavy atom. The summed E-state index contributed by atoms with van der Waals surface area (Å²) in [6.07, 6.45) is 1.71. The van der Waals surface area contributed by atoms with Crippen LogP contribution in [0.25, 0.3) is 10.7 Å². The first kappa shape index (κ1) is 15.2. The van der Waals surface area contributed by atoms with Gasteiger partial charge in [0.15, 0.2) is 0 Å². The van der Waals surface area contributed by atoms with Gasteiger partial charge in [0.05, 0.1) is 5.69 Å². The highest BCUT2D eigenvalue weighted by Crippen LogP contribution is 2.22. The highest BCUT2D eigenvalue weighted by Gasteiger charge is 2.12. The fraction of sp³-hybridized carbons (Fsp3) is 0.118. The maximum atomic E-state index is 12.3. The standard InChI is InChI=1S/C17H16N4OS/c1-21(2)13-8-6-12(7-9-13)19-16(22)15-11-23-17(20-15)14-5-3-4-10-18-14/h3-11H,1-2H3,(H,19,22). The number of aromatic nitrogens is 2. The second-order valence-electron chi connectivity index (χ2n) is 5.15. The number of hydrogen-bond donors (Lipinski definition) is 1. The normalized spacial score (nSPS) is 10.3. The molecule has 0 spiro atoms. The maximum absolute atomic E-state index is 12.3. The third-order valence-corrected chi connectivity index (χ3v) is 4.13. The van der Waals surface area contributed by atoms with Crippen molar-refractivity contribution in [3.05, 3.63) is 59.7 Å². The summed E-state index contributed by atoms with van der Waals surface area (Å²) in [6, 6.07) is 13.3. The van der Waals surface area contributed by atoms with E-state index in [0.29, 0.717) is 5.69 Å². The quantitative estimate of drug-likeness (QED) is 0.798. The number of benzene rings is 1. The van der Waals surface area contributed by atoms with E-state index < -0.39 is 0 Å². The van der Waals surface area contributed by atoms with E-state index in [9.17, 15) is 4.79 Å². The second-order valence-corrected chi connectivity index (χ2v) is 6.01. The summed E-state index contributed by atoms with van der Waals surface area (Å²) in [5.41, 5.74) is 2.99. The van der Waals surface area contributed by atoms with E-state index in [0.717, 1.165) is 22.1 Å². The summed E-state index contributed by atoms with van der Waals surface area (Å²) in [7, 11) is 3.95. The minimum atomic E-state index is -0.221. The fourth-order valence-corrected chi connectivity index (χ4v) is 2.80. The SMILES string of the molecule is CN(C)c1ccc(NC(=O)c2csc(-c3ccccn3)n2)cc1. The molecule has 0 unspecified atom stereocenters. The van der Waals surface area contributed by atoms with Crippen LogP contribution in [0.1, 0.15) is 10.5 Å². The average Bonchev–Trinajstić information content (AvgIpc) is 3.06.